The zero-order valence-corrected chi connectivity index (χ0v) is 15.1. The van der Waals surface area contributed by atoms with Crippen LogP contribution in [-0.4, -0.2) is 39.5 Å². The van der Waals surface area contributed by atoms with Crippen molar-refractivity contribution in [1.29, 1.82) is 0 Å². The van der Waals surface area contributed by atoms with E-state index in [1.165, 1.54) is 0 Å². The summed E-state index contributed by atoms with van der Waals surface area (Å²) >= 11 is 0. The number of anilines is 1. The van der Waals surface area contributed by atoms with E-state index < -0.39 is 5.60 Å². The molecule has 1 aliphatic heterocycles. The van der Waals surface area contributed by atoms with Gasteiger partial charge in [0.1, 0.15) is 11.4 Å². The van der Waals surface area contributed by atoms with Gasteiger partial charge in [-0.2, -0.15) is 5.10 Å². The molecule has 0 radical (unpaired) electrons. The molecule has 0 bridgehead atoms. The monoisotopic (exact) mass is 342 g/mol. The highest BCUT2D eigenvalue weighted by Gasteiger charge is 2.29. The molecule has 1 unspecified atom stereocenters. The molecule has 1 aliphatic rings. The molecule has 0 aliphatic carbocycles. The van der Waals surface area contributed by atoms with Crippen molar-refractivity contribution < 1.29 is 9.53 Å². The number of amides is 1. The standard InChI is InChI=1S/C19H26N4O2/c1-19(2,3)25-18(24)22-11-7-10-15(13-22)23-17(20)16(12-21-23)14-8-5-4-6-9-14/h4-6,8-9,12,15H,7,10-11,13,20H2,1-3H3. The first-order valence-corrected chi connectivity index (χ1v) is 8.71. The van der Waals surface area contributed by atoms with Gasteiger partial charge in [-0.25, -0.2) is 9.48 Å². The summed E-state index contributed by atoms with van der Waals surface area (Å²) in [5.74, 6) is 0.641. The van der Waals surface area contributed by atoms with Gasteiger partial charge in [0, 0.05) is 18.7 Å². The first-order chi connectivity index (χ1) is 11.8. The molecule has 1 saturated heterocycles. The number of ether oxygens (including phenoxy) is 1. The summed E-state index contributed by atoms with van der Waals surface area (Å²) in [6.45, 7) is 6.91. The maximum Gasteiger partial charge on any atom is 0.410 e. The first kappa shape index (κ1) is 17.3. The fourth-order valence-electron chi connectivity index (χ4n) is 3.15. The fourth-order valence-corrected chi connectivity index (χ4v) is 3.15. The predicted octanol–water partition coefficient (Wildman–Crippen LogP) is 3.70. The molecule has 1 amide bonds. The second kappa shape index (κ2) is 6.78. The van der Waals surface area contributed by atoms with Crippen molar-refractivity contribution in [2.75, 3.05) is 18.8 Å². The van der Waals surface area contributed by atoms with E-state index in [0.717, 1.165) is 24.0 Å². The third-order valence-corrected chi connectivity index (χ3v) is 4.31. The molecular formula is C19H26N4O2. The van der Waals surface area contributed by atoms with Gasteiger partial charge in [-0.3, -0.25) is 0 Å². The van der Waals surface area contributed by atoms with E-state index in [-0.39, 0.29) is 12.1 Å². The lowest BCUT2D eigenvalue weighted by atomic mass is 10.1. The van der Waals surface area contributed by atoms with Gasteiger partial charge >= 0.3 is 6.09 Å². The van der Waals surface area contributed by atoms with Crippen molar-refractivity contribution in [2.45, 2.75) is 45.3 Å². The van der Waals surface area contributed by atoms with Crippen LogP contribution in [0.4, 0.5) is 10.6 Å². The minimum Gasteiger partial charge on any atom is -0.444 e. The number of nitrogens with two attached hydrogens (primary N) is 1. The van der Waals surface area contributed by atoms with E-state index in [4.69, 9.17) is 10.5 Å². The number of carbonyl (C=O) groups excluding carboxylic acids is 1. The van der Waals surface area contributed by atoms with Gasteiger partial charge in [-0.15, -0.1) is 0 Å². The number of benzene rings is 1. The second-order valence-electron chi connectivity index (χ2n) is 7.48. The van der Waals surface area contributed by atoms with Crippen molar-refractivity contribution in [3.63, 3.8) is 0 Å². The number of rotatable bonds is 2. The lowest BCUT2D eigenvalue weighted by Crippen LogP contribution is -2.43. The highest BCUT2D eigenvalue weighted by molar-refractivity contribution is 5.73. The Morgan fingerprint density at radius 3 is 2.68 bits per heavy atom. The van der Waals surface area contributed by atoms with Crippen LogP contribution in [0.5, 0.6) is 0 Å². The number of aromatic nitrogens is 2. The highest BCUT2D eigenvalue weighted by Crippen LogP contribution is 2.31. The number of nitrogens with zero attached hydrogens (tertiary/aromatic N) is 3. The van der Waals surface area contributed by atoms with Crippen LogP contribution in [0.15, 0.2) is 36.5 Å². The quantitative estimate of drug-likeness (QED) is 0.903. The molecule has 134 valence electrons. The first-order valence-electron chi connectivity index (χ1n) is 8.71. The highest BCUT2D eigenvalue weighted by atomic mass is 16.6. The molecule has 1 aromatic heterocycles. The summed E-state index contributed by atoms with van der Waals surface area (Å²) in [4.78, 5) is 14.1. The topological polar surface area (TPSA) is 73.4 Å². The minimum absolute atomic E-state index is 0.0683. The maximum absolute atomic E-state index is 12.3. The van der Waals surface area contributed by atoms with Gasteiger partial charge in [-0.05, 0) is 39.2 Å². The lowest BCUT2D eigenvalue weighted by Gasteiger charge is -2.34. The van der Waals surface area contributed by atoms with E-state index in [1.807, 2.05) is 55.8 Å². The fraction of sp³-hybridized carbons (Fsp3) is 0.474. The molecule has 2 aromatic rings. The van der Waals surface area contributed by atoms with Gasteiger partial charge in [0.2, 0.25) is 0 Å². The van der Waals surface area contributed by atoms with Crippen molar-refractivity contribution in [3.05, 3.63) is 36.5 Å². The van der Waals surface area contributed by atoms with Gasteiger partial charge < -0.3 is 15.4 Å². The van der Waals surface area contributed by atoms with Gasteiger partial charge in [0.25, 0.3) is 0 Å². The number of hydrogen-bond donors (Lipinski definition) is 1. The minimum atomic E-state index is -0.491. The smallest absolute Gasteiger partial charge is 0.410 e. The Labute approximate surface area is 148 Å². The molecule has 0 saturated carbocycles. The Morgan fingerprint density at radius 1 is 1.28 bits per heavy atom. The van der Waals surface area contributed by atoms with Crippen LogP contribution >= 0.6 is 0 Å². The van der Waals surface area contributed by atoms with Gasteiger partial charge in [-0.1, -0.05) is 30.3 Å². The van der Waals surface area contributed by atoms with Gasteiger partial charge in [0.15, 0.2) is 0 Å². The Hall–Kier alpha value is -2.50. The summed E-state index contributed by atoms with van der Waals surface area (Å²) in [6.07, 6.45) is 3.38. The molecule has 3 rings (SSSR count). The van der Waals surface area contributed by atoms with Crippen LogP contribution in [0.25, 0.3) is 11.1 Å². The summed E-state index contributed by atoms with van der Waals surface area (Å²) in [5, 5.41) is 4.50. The van der Waals surface area contributed by atoms with Crippen molar-refractivity contribution in [2.24, 2.45) is 0 Å². The molecule has 0 spiro atoms. The largest absolute Gasteiger partial charge is 0.444 e. The van der Waals surface area contributed by atoms with E-state index >= 15 is 0 Å². The van der Waals surface area contributed by atoms with Gasteiger partial charge in [0.05, 0.1) is 12.2 Å². The summed E-state index contributed by atoms with van der Waals surface area (Å²) in [6, 6.07) is 10.0. The van der Waals surface area contributed by atoms with E-state index in [1.54, 1.807) is 11.1 Å². The third-order valence-electron chi connectivity index (χ3n) is 4.31. The zero-order valence-electron chi connectivity index (χ0n) is 15.1. The van der Waals surface area contributed by atoms with Crippen LogP contribution in [0.3, 0.4) is 0 Å². The van der Waals surface area contributed by atoms with Crippen LogP contribution < -0.4 is 5.73 Å². The molecular weight excluding hydrogens is 316 g/mol. The molecule has 1 fully saturated rings. The van der Waals surface area contributed by atoms with Crippen molar-refractivity contribution in [1.82, 2.24) is 14.7 Å². The van der Waals surface area contributed by atoms with Crippen LogP contribution in [0.1, 0.15) is 39.7 Å². The molecule has 1 aromatic carbocycles. The third kappa shape index (κ3) is 3.95. The van der Waals surface area contributed by atoms with Crippen molar-refractivity contribution in [3.8, 4) is 11.1 Å². The molecule has 2 N–H and O–H groups in total. The Balaban J connectivity index is 1.76. The Morgan fingerprint density at radius 2 is 2.00 bits per heavy atom. The van der Waals surface area contributed by atoms with Crippen LogP contribution in [0, 0.1) is 0 Å². The van der Waals surface area contributed by atoms with Crippen LogP contribution in [-0.2, 0) is 4.74 Å². The summed E-state index contributed by atoms with van der Waals surface area (Å²) in [7, 11) is 0. The van der Waals surface area contributed by atoms with E-state index in [0.29, 0.717) is 18.9 Å². The lowest BCUT2D eigenvalue weighted by molar-refractivity contribution is 0.0168. The molecule has 1 atom stereocenters. The number of nitrogen functional groups attached to an aromatic ring is 1. The van der Waals surface area contributed by atoms with E-state index in [2.05, 4.69) is 5.10 Å². The summed E-state index contributed by atoms with van der Waals surface area (Å²) < 4.78 is 7.34. The number of likely N-dealkylation sites (tertiary alicyclic amines) is 1. The normalized spacial score (nSPS) is 18.2. The Kier molecular flexibility index (Phi) is 4.70. The second-order valence-corrected chi connectivity index (χ2v) is 7.48. The Bertz CT molecular complexity index is 734. The van der Waals surface area contributed by atoms with E-state index in [9.17, 15) is 4.79 Å². The number of piperidine rings is 1. The molecule has 6 heteroatoms. The number of hydrogen-bond acceptors (Lipinski definition) is 4. The predicted molar refractivity (Wildman–Crippen MR) is 98.2 cm³/mol. The zero-order chi connectivity index (χ0) is 18.0. The number of carbonyl (C=O) groups is 1. The molecule has 6 nitrogen and oxygen atoms in total. The van der Waals surface area contributed by atoms with Crippen molar-refractivity contribution >= 4 is 11.9 Å². The molecule has 25 heavy (non-hydrogen) atoms. The average Bonchev–Trinajstić information content (AvgIpc) is 2.96. The summed E-state index contributed by atoms with van der Waals surface area (Å²) in [5.41, 5.74) is 7.84. The average molecular weight is 342 g/mol. The molecule has 2 heterocycles. The van der Waals surface area contributed by atoms with Crippen LogP contribution in [0.2, 0.25) is 0 Å². The maximum atomic E-state index is 12.3. The SMILES string of the molecule is CC(C)(C)OC(=O)N1CCCC(n2ncc(-c3ccccc3)c2N)C1.